The van der Waals surface area contributed by atoms with Gasteiger partial charge in [-0.15, -0.1) is 0 Å². The first-order chi connectivity index (χ1) is 11.5. The van der Waals surface area contributed by atoms with Gasteiger partial charge in [0.25, 0.3) is 0 Å². The second-order valence-electron chi connectivity index (χ2n) is 6.87. The minimum atomic E-state index is -1.01. The first-order valence-electron chi connectivity index (χ1n) is 8.43. The molecule has 126 valence electrons. The molecular formula is C18H21N3O3. The molecule has 1 aromatic heterocycles. The van der Waals surface area contributed by atoms with E-state index in [4.69, 9.17) is 9.52 Å². The molecule has 0 radical (unpaired) electrons. The fourth-order valence-corrected chi connectivity index (χ4v) is 3.86. The largest absolute Gasteiger partial charge is 0.475 e. The van der Waals surface area contributed by atoms with Crippen molar-refractivity contribution in [3.05, 3.63) is 34.4 Å². The van der Waals surface area contributed by atoms with Gasteiger partial charge in [0.15, 0.2) is 0 Å². The average Bonchev–Trinajstić information content (AvgIpc) is 3.10. The van der Waals surface area contributed by atoms with E-state index in [-0.39, 0.29) is 5.76 Å². The number of carbonyl (C=O) groups is 1. The minimum absolute atomic E-state index is 0.0572. The van der Waals surface area contributed by atoms with Crippen molar-refractivity contribution >= 4 is 17.9 Å². The van der Waals surface area contributed by atoms with Crippen LogP contribution in [-0.4, -0.2) is 41.1 Å². The van der Waals surface area contributed by atoms with E-state index in [9.17, 15) is 9.90 Å². The standard InChI is InChI=1S/C18H21N3O3/c1-10-3-4-12(7-19-10)8-21-9-13-5-6-14-15(16(13)20-21)11(2)17(24-14)18(22)23/h3,7,12-13H,4-6,8-9H2,1-2H3,(H,22,23). The summed E-state index contributed by atoms with van der Waals surface area (Å²) in [6, 6.07) is 0. The summed E-state index contributed by atoms with van der Waals surface area (Å²) in [4.78, 5) is 15.7. The Morgan fingerprint density at radius 3 is 3.00 bits per heavy atom. The Morgan fingerprint density at radius 1 is 1.46 bits per heavy atom. The molecule has 1 aromatic rings. The summed E-state index contributed by atoms with van der Waals surface area (Å²) in [5.74, 6) is 0.585. The lowest BCUT2D eigenvalue weighted by atomic mass is 9.85. The van der Waals surface area contributed by atoms with E-state index >= 15 is 0 Å². The molecule has 0 fully saturated rings. The first-order valence-corrected chi connectivity index (χ1v) is 8.43. The third-order valence-corrected chi connectivity index (χ3v) is 5.11. The lowest BCUT2D eigenvalue weighted by Crippen LogP contribution is -2.28. The van der Waals surface area contributed by atoms with Gasteiger partial charge in [0.2, 0.25) is 5.76 Å². The lowest BCUT2D eigenvalue weighted by molar-refractivity contribution is 0.0659. The van der Waals surface area contributed by atoms with Gasteiger partial charge in [0.05, 0.1) is 5.71 Å². The third kappa shape index (κ3) is 2.46. The fourth-order valence-electron chi connectivity index (χ4n) is 3.86. The lowest BCUT2D eigenvalue weighted by Gasteiger charge is -2.22. The van der Waals surface area contributed by atoms with Gasteiger partial charge in [0, 0.05) is 54.4 Å². The van der Waals surface area contributed by atoms with Crippen LogP contribution in [0, 0.1) is 18.8 Å². The molecule has 24 heavy (non-hydrogen) atoms. The van der Waals surface area contributed by atoms with E-state index in [1.165, 1.54) is 0 Å². The van der Waals surface area contributed by atoms with E-state index < -0.39 is 5.97 Å². The van der Waals surface area contributed by atoms with E-state index in [1.54, 1.807) is 0 Å². The molecule has 1 aliphatic carbocycles. The van der Waals surface area contributed by atoms with E-state index in [0.29, 0.717) is 17.4 Å². The molecule has 2 aliphatic heterocycles. The zero-order valence-corrected chi connectivity index (χ0v) is 14.0. The van der Waals surface area contributed by atoms with Gasteiger partial charge in [-0.1, -0.05) is 6.08 Å². The second kappa shape index (κ2) is 5.61. The van der Waals surface area contributed by atoms with Crippen LogP contribution in [0.25, 0.3) is 0 Å². The Morgan fingerprint density at radius 2 is 2.29 bits per heavy atom. The van der Waals surface area contributed by atoms with E-state index in [1.807, 2.05) is 20.1 Å². The Bertz CT molecular complexity index is 788. The SMILES string of the molecule is CC1=CCC(CN2CC3CCc4oc(C(=O)O)c(C)c4C3=N2)C=N1. The van der Waals surface area contributed by atoms with Crippen molar-refractivity contribution in [2.24, 2.45) is 21.9 Å². The number of hydrogen-bond donors (Lipinski definition) is 1. The highest BCUT2D eigenvalue weighted by atomic mass is 16.4. The topological polar surface area (TPSA) is 78.4 Å². The van der Waals surface area contributed by atoms with Crippen LogP contribution < -0.4 is 0 Å². The highest BCUT2D eigenvalue weighted by Gasteiger charge is 2.37. The molecule has 2 unspecified atom stereocenters. The van der Waals surface area contributed by atoms with E-state index in [2.05, 4.69) is 16.1 Å². The molecule has 3 aliphatic rings. The van der Waals surface area contributed by atoms with Gasteiger partial charge < -0.3 is 9.52 Å². The van der Waals surface area contributed by atoms with Crippen molar-refractivity contribution in [2.45, 2.75) is 33.1 Å². The number of carboxylic acids is 1. The van der Waals surface area contributed by atoms with Gasteiger partial charge in [-0.2, -0.15) is 5.10 Å². The average molecular weight is 327 g/mol. The minimum Gasteiger partial charge on any atom is -0.475 e. The summed E-state index contributed by atoms with van der Waals surface area (Å²) < 4.78 is 5.58. The van der Waals surface area contributed by atoms with Crippen LogP contribution in [0.3, 0.4) is 0 Å². The number of aromatic carboxylic acids is 1. The van der Waals surface area contributed by atoms with Crippen LogP contribution in [-0.2, 0) is 6.42 Å². The number of carboxylic acid groups (broad SMARTS) is 1. The van der Waals surface area contributed by atoms with Gasteiger partial charge in [-0.05, 0) is 26.7 Å². The predicted octanol–water partition coefficient (Wildman–Crippen LogP) is 2.86. The van der Waals surface area contributed by atoms with Crippen molar-refractivity contribution in [3.8, 4) is 0 Å². The van der Waals surface area contributed by atoms with Crippen molar-refractivity contribution in [1.29, 1.82) is 0 Å². The van der Waals surface area contributed by atoms with Crippen molar-refractivity contribution in [3.63, 3.8) is 0 Å². The van der Waals surface area contributed by atoms with Crippen LogP contribution >= 0.6 is 0 Å². The van der Waals surface area contributed by atoms with Gasteiger partial charge in [0.1, 0.15) is 5.76 Å². The van der Waals surface area contributed by atoms with Gasteiger partial charge in [-0.25, -0.2) is 4.79 Å². The summed E-state index contributed by atoms with van der Waals surface area (Å²) in [5.41, 5.74) is 3.72. The molecule has 1 N–H and O–H groups in total. The zero-order valence-electron chi connectivity index (χ0n) is 14.0. The molecule has 4 rings (SSSR count). The molecule has 0 saturated carbocycles. The molecule has 6 nitrogen and oxygen atoms in total. The number of aliphatic imine (C=N–C) groups is 1. The summed E-state index contributed by atoms with van der Waals surface area (Å²) >= 11 is 0. The highest BCUT2D eigenvalue weighted by Crippen LogP contribution is 2.36. The number of allylic oxidation sites excluding steroid dienone is 2. The quantitative estimate of drug-likeness (QED) is 0.926. The Labute approximate surface area is 140 Å². The van der Waals surface area contributed by atoms with E-state index in [0.717, 1.165) is 55.1 Å². The van der Waals surface area contributed by atoms with Gasteiger partial charge in [-0.3, -0.25) is 10.0 Å². The molecule has 2 atom stereocenters. The van der Waals surface area contributed by atoms with Crippen LogP contribution in [0.1, 0.15) is 47.2 Å². The summed E-state index contributed by atoms with van der Waals surface area (Å²) in [5, 5.41) is 16.2. The molecule has 6 heteroatoms. The molecule has 0 saturated heterocycles. The van der Waals surface area contributed by atoms with Crippen molar-refractivity contribution < 1.29 is 14.3 Å². The number of nitrogens with zero attached hydrogens (tertiary/aromatic N) is 3. The molecule has 0 aromatic carbocycles. The maximum absolute atomic E-state index is 11.3. The van der Waals surface area contributed by atoms with Crippen molar-refractivity contribution in [2.75, 3.05) is 13.1 Å². The summed E-state index contributed by atoms with van der Waals surface area (Å²) in [7, 11) is 0. The second-order valence-corrected chi connectivity index (χ2v) is 6.87. The molecule has 0 amide bonds. The van der Waals surface area contributed by atoms with Crippen LogP contribution in [0.15, 0.2) is 26.3 Å². The maximum Gasteiger partial charge on any atom is 0.372 e. The monoisotopic (exact) mass is 327 g/mol. The number of fused-ring (bicyclic) bond motifs is 3. The third-order valence-electron chi connectivity index (χ3n) is 5.11. The number of aryl methyl sites for hydroxylation is 1. The summed E-state index contributed by atoms with van der Waals surface area (Å²) in [6.45, 7) is 5.58. The zero-order chi connectivity index (χ0) is 16.8. The van der Waals surface area contributed by atoms with Crippen molar-refractivity contribution in [1.82, 2.24) is 5.01 Å². The van der Waals surface area contributed by atoms with Crippen LogP contribution in [0.4, 0.5) is 0 Å². The first kappa shape index (κ1) is 15.2. The van der Waals surface area contributed by atoms with Gasteiger partial charge >= 0.3 is 5.97 Å². The Kier molecular flexibility index (Phi) is 3.55. The molecular weight excluding hydrogens is 306 g/mol. The normalized spacial score (nSPS) is 25.2. The maximum atomic E-state index is 11.3. The number of rotatable bonds is 3. The Hall–Kier alpha value is -2.37. The highest BCUT2D eigenvalue weighted by molar-refractivity contribution is 6.07. The predicted molar refractivity (Wildman–Crippen MR) is 90.7 cm³/mol. The fraction of sp³-hybridized carbons (Fsp3) is 0.500. The van der Waals surface area contributed by atoms with Crippen LogP contribution in [0.5, 0.6) is 0 Å². The Balaban J connectivity index is 1.58. The molecule has 3 heterocycles. The van der Waals surface area contributed by atoms with Crippen LogP contribution in [0.2, 0.25) is 0 Å². The number of hydrazone groups is 1. The number of furan rings is 1. The summed E-state index contributed by atoms with van der Waals surface area (Å²) in [6.07, 6.45) is 6.94. The molecule has 0 spiro atoms. The smallest absolute Gasteiger partial charge is 0.372 e. The molecule has 0 bridgehead atoms. The number of hydrogen-bond acceptors (Lipinski definition) is 5.